The van der Waals surface area contributed by atoms with Gasteiger partial charge in [0.2, 0.25) is 0 Å². The van der Waals surface area contributed by atoms with Crippen LogP contribution < -0.4 is 0 Å². The van der Waals surface area contributed by atoms with Gasteiger partial charge in [-0.15, -0.1) is 0 Å². The van der Waals surface area contributed by atoms with Gasteiger partial charge in [-0.25, -0.2) is 0 Å². The first-order valence-electron chi connectivity index (χ1n) is 10.4. The maximum absolute atomic E-state index is 11.3. The minimum Gasteiger partial charge on any atom is -0.481 e. The molecular formula is C21H40O5. The molecule has 0 atom stereocenters. The van der Waals surface area contributed by atoms with Crippen molar-refractivity contribution in [1.29, 1.82) is 0 Å². The highest BCUT2D eigenvalue weighted by Crippen LogP contribution is 2.06. The fourth-order valence-electron chi connectivity index (χ4n) is 2.32. The predicted octanol–water partition coefficient (Wildman–Crippen LogP) is 6.04. The van der Waals surface area contributed by atoms with Crippen LogP contribution in [0, 0.1) is 0 Å². The van der Waals surface area contributed by atoms with Gasteiger partial charge in [0, 0.05) is 19.3 Å². The van der Waals surface area contributed by atoms with Crippen molar-refractivity contribution in [2.45, 2.75) is 117 Å². The standard InChI is InChI=1S/C14H26O3.C7H14O2/c1-3-5-7-9-11-13(15)17-14(16)12-10-8-6-4-2;1-2-3-4-5-6-7(8)9/h3-12H2,1-2H3;2-6H2,1H3,(H,8,9). The topological polar surface area (TPSA) is 80.7 Å². The van der Waals surface area contributed by atoms with Crippen molar-refractivity contribution < 1.29 is 24.2 Å². The number of carbonyl (C=O) groups excluding carboxylic acids is 2. The van der Waals surface area contributed by atoms with Gasteiger partial charge in [0.1, 0.15) is 0 Å². The van der Waals surface area contributed by atoms with Gasteiger partial charge in [-0.05, 0) is 19.3 Å². The average Bonchev–Trinajstić information content (AvgIpc) is 2.60. The molecule has 0 aliphatic rings. The molecule has 0 aliphatic heterocycles. The molecule has 0 aromatic heterocycles. The molecule has 0 unspecified atom stereocenters. The lowest BCUT2D eigenvalue weighted by Crippen LogP contribution is -2.11. The summed E-state index contributed by atoms with van der Waals surface area (Å²) in [5.74, 6) is -1.39. The molecule has 0 aliphatic carbocycles. The number of hydrogen-bond donors (Lipinski definition) is 1. The number of carboxylic acid groups (broad SMARTS) is 1. The van der Waals surface area contributed by atoms with Crippen LogP contribution in [0.15, 0.2) is 0 Å². The molecule has 0 aromatic rings. The summed E-state index contributed by atoms with van der Waals surface area (Å²) in [5.41, 5.74) is 0. The summed E-state index contributed by atoms with van der Waals surface area (Å²) in [5, 5.41) is 8.21. The first kappa shape index (κ1) is 26.8. The lowest BCUT2D eigenvalue weighted by Gasteiger charge is -2.03. The van der Waals surface area contributed by atoms with Crippen molar-refractivity contribution in [1.82, 2.24) is 0 Å². The van der Waals surface area contributed by atoms with Gasteiger partial charge in [0.05, 0.1) is 0 Å². The Labute approximate surface area is 159 Å². The average molecular weight is 373 g/mol. The molecule has 0 saturated heterocycles. The van der Waals surface area contributed by atoms with Gasteiger partial charge in [0.15, 0.2) is 0 Å². The van der Waals surface area contributed by atoms with Crippen LogP contribution in [0.25, 0.3) is 0 Å². The second kappa shape index (κ2) is 21.7. The normalized spacial score (nSPS) is 9.96. The van der Waals surface area contributed by atoms with E-state index in [0.717, 1.165) is 70.6 Å². The van der Waals surface area contributed by atoms with Crippen LogP contribution in [0.5, 0.6) is 0 Å². The summed E-state index contributed by atoms with van der Waals surface area (Å²) in [6.45, 7) is 6.36. The summed E-state index contributed by atoms with van der Waals surface area (Å²) >= 11 is 0. The fraction of sp³-hybridized carbons (Fsp3) is 0.857. The van der Waals surface area contributed by atoms with E-state index in [1.54, 1.807) is 0 Å². The van der Waals surface area contributed by atoms with E-state index in [2.05, 4.69) is 20.8 Å². The van der Waals surface area contributed by atoms with E-state index in [-0.39, 0.29) is 11.9 Å². The molecule has 154 valence electrons. The number of carbonyl (C=O) groups is 3. The van der Waals surface area contributed by atoms with Gasteiger partial charge in [-0.3, -0.25) is 14.4 Å². The molecule has 0 heterocycles. The first-order valence-corrected chi connectivity index (χ1v) is 10.4. The van der Waals surface area contributed by atoms with Crippen molar-refractivity contribution in [3.63, 3.8) is 0 Å². The highest BCUT2D eigenvalue weighted by Gasteiger charge is 2.09. The second-order valence-electron chi connectivity index (χ2n) is 6.67. The highest BCUT2D eigenvalue weighted by molar-refractivity contribution is 5.85. The Morgan fingerprint density at radius 2 is 0.923 bits per heavy atom. The lowest BCUT2D eigenvalue weighted by molar-refractivity contribution is -0.159. The number of rotatable bonds is 15. The summed E-state index contributed by atoms with van der Waals surface area (Å²) in [6.07, 6.45) is 13.6. The van der Waals surface area contributed by atoms with Crippen LogP contribution in [0.1, 0.15) is 117 Å². The van der Waals surface area contributed by atoms with E-state index in [4.69, 9.17) is 9.84 Å². The molecule has 0 amide bonds. The number of unbranched alkanes of at least 4 members (excludes halogenated alkanes) is 9. The molecule has 0 bridgehead atoms. The summed E-state index contributed by atoms with van der Waals surface area (Å²) in [4.78, 5) is 32.5. The molecule has 0 spiro atoms. The summed E-state index contributed by atoms with van der Waals surface area (Å²) in [6, 6.07) is 0. The zero-order valence-corrected chi connectivity index (χ0v) is 17.2. The van der Waals surface area contributed by atoms with E-state index in [1.165, 1.54) is 6.42 Å². The number of esters is 2. The van der Waals surface area contributed by atoms with Crippen molar-refractivity contribution in [3.8, 4) is 0 Å². The SMILES string of the molecule is CCCCCCC(=O)O.CCCCCCC(=O)OC(=O)CCCCCC. The quantitative estimate of drug-likeness (QED) is 0.215. The minimum absolute atomic E-state index is 0.333. The van der Waals surface area contributed by atoms with Crippen molar-refractivity contribution >= 4 is 17.9 Å². The molecule has 0 radical (unpaired) electrons. The zero-order chi connectivity index (χ0) is 20.0. The maximum atomic E-state index is 11.3. The number of ether oxygens (including phenoxy) is 1. The Morgan fingerprint density at radius 1 is 0.577 bits per heavy atom. The maximum Gasteiger partial charge on any atom is 0.313 e. The fourth-order valence-corrected chi connectivity index (χ4v) is 2.32. The molecule has 1 N–H and O–H groups in total. The molecular weight excluding hydrogens is 332 g/mol. The van der Waals surface area contributed by atoms with Crippen molar-refractivity contribution in [2.75, 3.05) is 0 Å². The van der Waals surface area contributed by atoms with Crippen LogP contribution in [-0.2, 0) is 19.1 Å². The predicted molar refractivity (Wildman–Crippen MR) is 105 cm³/mol. The van der Waals surface area contributed by atoms with Gasteiger partial charge in [0.25, 0.3) is 0 Å². The summed E-state index contributed by atoms with van der Waals surface area (Å²) in [7, 11) is 0. The number of aliphatic carboxylic acids is 1. The monoisotopic (exact) mass is 372 g/mol. The zero-order valence-electron chi connectivity index (χ0n) is 17.2. The van der Waals surface area contributed by atoms with Gasteiger partial charge in [-0.1, -0.05) is 78.6 Å². The third-order valence-electron chi connectivity index (χ3n) is 3.94. The van der Waals surface area contributed by atoms with E-state index < -0.39 is 5.97 Å². The molecule has 0 saturated carbocycles. The number of carboxylic acids is 1. The molecule has 0 aromatic carbocycles. The van der Waals surface area contributed by atoms with E-state index >= 15 is 0 Å². The van der Waals surface area contributed by atoms with Gasteiger partial charge in [-0.2, -0.15) is 0 Å². The highest BCUT2D eigenvalue weighted by atomic mass is 16.6. The minimum atomic E-state index is -0.675. The third kappa shape index (κ3) is 24.9. The van der Waals surface area contributed by atoms with Crippen molar-refractivity contribution in [2.24, 2.45) is 0 Å². The van der Waals surface area contributed by atoms with Crippen molar-refractivity contribution in [3.05, 3.63) is 0 Å². The second-order valence-corrected chi connectivity index (χ2v) is 6.67. The number of hydrogen-bond acceptors (Lipinski definition) is 4. The first-order chi connectivity index (χ1) is 12.5. The molecule has 5 nitrogen and oxygen atoms in total. The van der Waals surface area contributed by atoms with E-state index in [1.807, 2.05) is 0 Å². The Bertz CT molecular complexity index is 330. The van der Waals surface area contributed by atoms with Crippen LogP contribution in [-0.4, -0.2) is 23.0 Å². The Morgan fingerprint density at radius 3 is 1.23 bits per heavy atom. The molecule has 26 heavy (non-hydrogen) atoms. The van der Waals surface area contributed by atoms with Crippen LogP contribution in [0.3, 0.4) is 0 Å². The molecule has 0 fully saturated rings. The smallest absolute Gasteiger partial charge is 0.313 e. The third-order valence-corrected chi connectivity index (χ3v) is 3.94. The van der Waals surface area contributed by atoms with Crippen LogP contribution in [0.4, 0.5) is 0 Å². The largest absolute Gasteiger partial charge is 0.481 e. The lowest BCUT2D eigenvalue weighted by atomic mass is 10.1. The molecule has 0 rings (SSSR count). The van der Waals surface area contributed by atoms with Gasteiger partial charge >= 0.3 is 17.9 Å². The van der Waals surface area contributed by atoms with E-state index in [0.29, 0.717) is 19.3 Å². The van der Waals surface area contributed by atoms with Crippen LogP contribution >= 0.6 is 0 Å². The molecule has 5 heteroatoms. The van der Waals surface area contributed by atoms with E-state index in [9.17, 15) is 14.4 Å². The Hall–Kier alpha value is -1.39. The summed E-state index contributed by atoms with van der Waals surface area (Å²) < 4.78 is 4.73. The van der Waals surface area contributed by atoms with Gasteiger partial charge < -0.3 is 9.84 Å². The van der Waals surface area contributed by atoms with Crippen LogP contribution in [0.2, 0.25) is 0 Å². The Balaban J connectivity index is 0. The Kier molecular flexibility index (Phi) is 22.3.